The normalized spacial score (nSPS) is 15.9. The average Bonchev–Trinajstić information content (AvgIpc) is 2.62. The van der Waals surface area contributed by atoms with Gasteiger partial charge in [-0.05, 0) is 33.1 Å². The third-order valence-corrected chi connectivity index (χ3v) is 4.77. The van der Waals surface area contributed by atoms with E-state index in [2.05, 4.69) is 10.7 Å². The van der Waals surface area contributed by atoms with Crippen molar-refractivity contribution in [2.75, 3.05) is 12.4 Å². The van der Waals surface area contributed by atoms with Gasteiger partial charge in [0.2, 0.25) is 5.91 Å². The molecule has 0 radical (unpaired) electrons. The molecule has 9 nitrogen and oxygen atoms in total. The van der Waals surface area contributed by atoms with Crippen LogP contribution < -0.4 is 16.5 Å². The molecule has 0 aromatic rings. The summed E-state index contributed by atoms with van der Waals surface area (Å²) >= 11 is 5.59. The number of carbonyl (C=O) groups is 4. The molecule has 1 aliphatic carbocycles. The van der Waals surface area contributed by atoms with Crippen molar-refractivity contribution in [3.63, 3.8) is 0 Å². The lowest BCUT2D eigenvalue weighted by Crippen LogP contribution is -2.56. The Balaban J connectivity index is 2.86. The van der Waals surface area contributed by atoms with Crippen LogP contribution in [0.15, 0.2) is 0 Å². The summed E-state index contributed by atoms with van der Waals surface area (Å²) in [4.78, 5) is 48.1. The summed E-state index contributed by atoms with van der Waals surface area (Å²) in [6, 6.07) is -0.882. The van der Waals surface area contributed by atoms with Gasteiger partial charge < -0.3 is 15.8 Å². The van der Waals surface area contributed by atoms with Gasteiger partial charge in [0, 0.05) is 6.42 Å². The largest absolute Gasteiger partial charge is 0.444 e. The molecule has 10 heteroatoms. The molecule has 0 bridgehead atoms. The molecule has 1 atom stereocenters. The van der Waals surface area contributed by atoms with E-state index in [0.29, 0.717) is 6.42 Å². The number of hydrogen-bond donors (Lipinski definition) is 3. The van der Waals surface area contributed by atoms with E-state index in [1.165, 1.54) is 0 Å². The van der Waals surface area contributed by atoms with Crippen molar-refractivity contribution >= 4 is 35.4 Å². The van der Waals surface area contributed by atoms with E-state index in [0.717, 1.165) is 37.1 Å². The molecule has 1 aliphatic rings. The zero-order chi connectivity index (χ0) is 22.0. The van der Waals surface area contributed by atoms with Gasteiger partial charge in [-0.2, -0.15) is 0 Å². The lowest BCUT2D eigenvalue weighted by Gasteiger charge is -2.30. The maximum Gasteiger partial charge on any atom is 0.408 e. The number of alkyl carbamates (subject to hydrolysis) is 1. The molecule has 1 saturated carbocycles. The van der Waals surface area contributed by atoms with Gasteiger partial charge in [-0.25, -0.2) is 4.79 Å². The lowest BCUT2D eigenvalue weighted by atomic mass is 9.84. The van der Waals surface area contributed by atoms with E-state index in [4.69, 9.17) is 22.1 Å². The maximum absolute atomic E-state index is 12.9. The molecule has 29 heavy (non-hydrogen) atoms. The van der Waals surface area contributed by atoms with Gasteiger partial charge in [0.25, 0.3) is 11.8 Å². The minimum Gasteiger partial charge on any atom is -0.444 e. The number of ether oxygens (including phenoxy) is 1. The first-order valence-corrected chi connectivity index (χ1v) is 10.5. The Labute approximate surface area is 177 Å². The number of rotatable bonds is 8. The quantitative estimate of drug-likeness (QED) is 0.397. The number of nitrogens with zero attached hydrogens (tertiary/aromatic N) is 1. The number of alkyl halides is 1. The van der Waals surface area contributed by atoms with Crippen LogP contribution in [-0.2, 0) is 19.1 Å². The second-order valence-electron chi connectivity index (χ2n) is 8.31. The highest BCUT2D eigenvalue weighted by Gasteiger charge is 2.29. The van der Waals surface area contributed by atoms with Crippen LogP contribution in [0.4, 0.5) is 4.79 Å². The minimum atomic E-state index is -0.882. The molecule has 0 saturated heterocycles. The summed E-state index contributed by atoms with van der Waals surface area (Å²) in [7, 11) is 0. The maximum atomic E-state index is 12.9. The van der Waals surface area contributed by atoms with Crippen molar-refractivity contribution < 1.29 is 23.9 Å². The molecule has 1 rings (SSSR count). The summed E-state index contributed by atoms with van der Waals surface area (Å²) in [6.45, 7) is 5.09. The van der Waals surface area contributed by atoms with Crippen LogP contribution in [-0.4, -0.2) is 52.9 Å². The molecule has 0 spiro atoms. The predicted molar refractivity (Wildman–Crippen MR) is 109 cm³/mol. The second kappa shape index (κ2) is 11.8. The van der Waals surface area contributed by atoms with Crippen LogP contribution in [0, 0.1) is 5.92 Å². The minimum absolute atomic E-state index is 0.102. The Kier molecular flexibility index (Phi) is 10.2. The topological polar surface area (TPSA) is 131 Å². The molecule has 0 aliphatic heterocycles. The fourth-order valence-electron chi connectivity index (χ4n) is 3.19. The number of primary amides is 1. The fraction of sp³-hybridized carbons (Fsp3) is 0.789. The Morgan fingerprint density at radius 1 is 1.17 bits per heavy atom. The van der Waals surface area contributed by atoms with E-state index in [9.17, 15) is 19.2 Å². The molecule has 4 N–H and O–H groups in total. The van der Waals surface area contributed by atoms with Gasteiger partial charge in [0.05, 0.1) is 6.54 Å². The van der Waals surface area contributed by atoms with Crippen LogP contribution >= 0.6 is 11.6 Å². The SMILES string of the molecule is CC(C)(C)OC(=O)N[C@@H](CC1CCCCC1)C(=O)NN(CCC(N)=O)C(=O)CCl. The molecule has 1 fully saturated rings. The number of hydrogen-bond acceptors (Lipinski definition) is 5. The summed E-state index contributed by atoms with van der Waals surface area (Å²) in [5.74, 6) is -1.83. The third-order valence-electron chi connectivity index (χ3n) is 4.54. The zero-order valence-corrected chi connectivity index (χ0v) is 18.2. The van der Waals surface area contributed by atoms with E-state index >= 15 is 0 Å². The molecule has 0 heterocycles. The highest BCUT2D eigenvalue weighted by Crippen LogP contribution is 2.27. The smallest absolute Gasteiger partial charge is 0.408 e. The number of hydrazine groups is 1. The van der Waals surface area contributed by atoms with Gasteiger partial charge in [0.1, 0.15) is 17.5 Å². The van der Waals surface area contributed by atoms with Crippen molar-refractivity contribution in [3.8, 4) is 0 Å². The van der Waals surface area contributed by atoms with Crippen LogP contribution in [0.5, 0.6) is 0 Å². The standard InChI is InChI=1S/C19H33ClN4O5/c1-19(2,3)29-18(28)22-14(11-13-7-5-4-6-8-13)17(27)23-24(16(26)12-20)10-9-15(21)25/h13-14H,4-12H2,1-3H3,(H2,21,25)(H,22,28)(H,23,27)/t14-/m0/s1. The van der Waals surface area contributed by atoms with Gasteiger partial charge in [-0.3, -0.25) is 24.8 Å². The average molecular weight is 433 g/mol. The summed E-state index contributed by atoms with van der Waals surface area (Å²) in [5.41, 5.74) is 6.88. The van der Waals surface area contributed by atoms with E-state index < -0.39 is 35.5 Å². The third kappa shape index (κ3) is 10.3. The van der Waals surface area contributed by atoms with Crippen molar-refractivity contribution in [1.29, 1.82) is 0 Å². The monoisotopic (exact) mass is 432 g/mol. The molecular formula is C19H33ClN4O5. The van der Waals surface area contributed by atoms with Gasteiger partial charge in [-0.1, -0.05) is 32.1 Å². The Hall–Kier alpha value is -2.03. The van der Waals surface area contributed by atoms with Crippen molar-refractivity contribution in [2.24, 2.45) is 11.7 Å². The first kappa shape index (κ1) is 25.0. The van der Waals surface area contributed by atoms with Crippen LogP contribution in [0.3, 0.4) is 0 Å². The summed E-state index contributed by atoms with van der Waals surface area (Å²) in [5, 5.41) is 3.58. The van der Waals surface area contributed by atoms with E-state index in [1.807, 2.05) is 0 Å². The first-order valence-electron chi connectivity index (χ1n) is 9.96. The van der Waals surface area contributed by atoms with Crippen molar-refractivity contribution in [3.05, 3.63) is 0 Å². The fourth-order valence-corrected chi connectivity index (χ4v) is 3.33. The Morgan fingerprint density at radius 3 is 2.31 bits per heavy atom. The second-order valence-corrected chi connectivity index (χ2v) is 8.58. The van der Waals surface area contributed by atoms with Crippen LogP contribution in [0.1, 0.15) is 65.7 Å². The van der Waals surface area contributed by atoms with Crippen LogP contribution in [0.2, 0.25) is 0 Å². The number of carbonyl (C=O) groups excluding carboxylic acids is 4. The number of halogens is 1. The number of nitrogens with one attached hydrogen (secondary N) is 2. The van der Waals surface area contributed by atoms with Gasteiger partial charge in [-0.15, -0.1) is 11.6 Å². The predicted octanol–water partition coefficient (Wildman–Crippen LogP) is 1.82. The van der Waals surface area contributed by atoms with Gasteiger partial charge in [0.15, 0.2) is 0 Å². The van der Waals surface area contributed by atoms with Crippen molar-refractivity contribution in [1.82, 2.24) is 15.8 Å². The van der Waals surface area contributed by atoms with Gasteiger partial charge >= 0.3 is 6.09 Å². The lowest BCUT2D eigenvalue weighted by molar-refractivity contribution is -0.141. The Bertz CT molecular complexity index is 588. The molecule has 0 unspecified atom stereocenters. The number of amides is 4. The van der Waals surface area contributed by atoms with E-state index in [1.54, 1.807) is 20.8 Å². The zero-order valence-electron chi connectivity index (χ0n) is 17.5. The van der Waals surface area contributed by atoms with E-state index in [-0.39, 0.29) is 24.8 Å². The first-order chi connectivity index (χ1) is 13.5. The molecule has 4 amide bonds. The molecular weight excluding hydrogens is 400 g/mol. The Morgan fingerprint density at radius 2 is 1.79 bits per heavy atom. The summed E-state index contributed by atoms with van der Waals surface area (Å²) in [6.07, 6.45) is 4.89. The molecule has 0 aromatic carbocycles. The number of nitrogens with two attached hydrogens (primary N) is 1. The van der Waals surface area contributed by atoms with Crippen LogP contribution in [0.25, 0.3) is 0 Å². The van der Waals surface area contributed by atoms with Crippen molar-refractivity contribution in [2.45, 2.75) is 77.4 Å². The highest BCUT2D eigenvalue weighted by atomic mass is 35.5. The highest BCUT2D eigenvalue weighted by molar-refractivity contribution is 6.27. The summed E-state index contributed by atoms with van der Waals surface area (Å²) < 4.78 is 5.27. The molecule has 166 valence electrons. The molecule has 0 aromatic heterocycles.